The molecule has 0 bridgehead atoms. The van der Waals surface area contributed by atoms with Crippen LogP contribution in [0.4, 0.5) is 0 Å². The van der Waals surface area contributed by atoms with Crippen LogP contribution in [0.2, 0.25) is 0 Å². The van der Waals surface area contributed by atoms with E-state index in [0.29, 0.717) is 21.8 Å². The molecule has 3 rings (SSSR count). The van der Waals surface area contributed by atoms with Gasteiger partial charge >= 0.3 is 0 Å². The molecule has 7 heteroatoms. The van der Waals surface area contributed by atoms with Crippen LogP contribution in [-0.4, -0.2) is 26.2 Å². The first-order valence-corrected chi connectivity index (χ1v) is 9.63. The maximum Gasteiger partial charge on any atom is 0.262 e. The van der Waals surface area contributed by atoms with E-state index in [0.717, 1.165) is 0 Å². The van der Waals surface area contributed by atoms with Crippen molar-refractivity contribution in [1.82, 2.24) is 14.9 Å². The number of nitrogens with zero attached hydrogens (tertiary/aromatic N) is 2. The molecular formula is C20H23N3O3S. The highest BCUT2D eigenvalue weighted by atomic mass is 32.2. The molecule has 142 valence electrons. The van der Waals surface area contributed by atoms with Gasteiger partial charge in [0.1, 0.15) is 5.76 Å². The Morgan fingerprint density at radius 1 is 1.26 bits per heavy atom. The van der Waals surface area contributed by atoms with Crippen molar-refractivity contribution in [2.24, 2.45) is 0 Å². The van der Waals surface area contributed by atoms with E-state index in [1.165, 1.54) is 11.8 Å². The van der Waals surface area contributed by atoms with Crippen LogP contribution < -0.4 is 10.9 Å². The van der Waals surface area contributed by atoms with Gasteiger partial charge < -0.3 is 9.73 Å². The van der Waals surface area contributed by atoms with Crippen molar-refractivity contribution in [2.45, 2.75) is 50.2 Å². The second-order valence-electron chi connectivity index (χ2n) is 7.38. The van der Waals surface area contributed by atoms with Crippen molar-refractivity contribution in [3.63, 3.8) is 0 Å². The maximum absolute atomic E-state index is 13.0. The molecule has 3 aromatic rings. The summed E-state index contributed by atoms with van der Waals surface area (Å²) in [5, 5.41) is 3.59. The largest absolute Gasteiger partial charge is 0.467 e. The molecule has 2 heterocycles. The molecule has 1 atom stereocenters. The normalized spacial score (nSPS) is 12.9. The van der Waals surface area contributed by atoms with Gasteiger partial charge in [0.2, 0.25) is 5.91 Å². The van der Waals surface area contributed by atoms with Gasteiger partial charge in [-0.05, 0) is 52.0 Å². The molecular weight excluding hydrogens is 362 g/mol. The fourth-order valence-corrected chi connectivity index (χ4v) is 3.53. The predicted octanol–water partition coefficient (Wildman–Crippen LogP) is 3.43. The van der Waals surface area contributed by atoms with Crippen LogP contribution in [-0.2, 0) is 11.3 Å². The topological polar surface area (TPSA) is 77.1 Å². The second kappa shape index (κ2) is 7.60. The highest BCUT2D eigenvalue weighted by Gasteiger charge is 2.23. The minimum Gasteiger partial charge on any atom is -0.467 e. The Morgan fingerprint density at radius 3 is 2.67 bits per heavy atom. The summed E-state index contributed by atoms with van der Waals surface area (Å²) >= 11 is 1.27. The first-order valence-electron chi connectivity index (χ1n) is 8.75. The molecule has 0 radical (unpaired) electrons. The van der Waals surface area contributed by atoms with Crippen LogP contribution in [0, 0.1) is 0 Å². The molecule has 0 saturated carbocycles. The summed E-state index contributed by atoms with van der Waals surface area (Å²) in [5.74, 6) is 0.558. The number of carbonyl (C=O) groups is 1. The van der Waals surface area contributed by atoms with Crippen LogP contribution in [0.3, 0.4) is 0 Å². The smallest absolute Gasteiger partial charge is 0.262 e. The monoisotopic (exact) mass is 385 g/mol. The van der Waals surface area contributed by atoms with Gasteiger partial charge in [0.05, 0.1) is 29.0 Å². The average molecular weight is 385 g/mol. The van der Waals surface area contributed by atoms with Gasteiger partial charge in [0, 0.05) is 5.54 Å². The fourth-order valence-electron chi connectivity index (χ4n) is 2.62. The lowest BCUT2D eigenvalue weighted by Gasteiger charge is -2.23. The molecule has 6 nitrogen and oxygen atoms in total. The molecule has 27 heavy (non-hydrogen) atoms. The summed E-state index contributed by atoms with van der Waals surface area (Å²) in [7, 11) is 0. The number of fused-ring (bicyclic) bond motifs is 1. The van der Waals surface area contributed by atoms with Crippen molar-refractivity contribution in [1.29, 1.82) is 0 Å². The summed E-state index contributed by atoms with van der Waals surface area (Å²) in [5.41, 5.74) is 0.142. The van der Waals surface area contributed by atoms with E-state index in [1.54, 1.807) is 29.0 Å². The molecule has 1 amide bonds. The Morgan fingerprint density at radius 2 is 2.00 bits per heavy atom. The molecule has 0 spiro atoms. The first kappa shape index (κ1) is 19.2. The lowest BCUT2D eigenvalue weighted by Crippen LogP contribution is -2.44. The van der Waals surface area contributed by atoms with Crippen LogP contribution in [0.15, 0.2) is 57.0 Å². The highest BCUT2D eigenvalue weighted by molar-refractivity contribution is 8.00. The Balaban J connectivity index is 1.99. The van der Waals surface area contributed by atoms with Crippen molar-refractivity contribution in [3.8, 4) is 0 Å². The van der Waals surface area contributed by atoms with Gasteiger partial charge in [-0.1, -0.05) is 23.9 Å². The zero-order valence-electron chi connectivity index (χ0n) is 15.9. The number of nitrogens with one attached hydrogen (secondary N) is 1. The van der Waals surface area contributed by atoms with Gasteiger partial charge in [0.25, 0.3) is 5.56 Å². The molecule has 1 N–H and O–H groups in total. The molecule has 0 fully saturated rings. The summed E-state index contributed by atoms with van der Waals surface area (Å²) in [6, 6.07) is 10.8. The van der Waals surface area contributed by atoms with Crippen LogP contribution >= 0.6 is 11.8 Å². The van der Waals surface area contributed by atoms with E-state index in [-0.39, 0.29) is 23.6 Å². The Bertz CT molecular complexity index is 1000. The number of thioether (sulfide) groups is 1. The summed E-state index contributed by atoms with van der Waals surface area (Å²) < 4.78 is 6.96. The van der Waals surface area contributed by atoms with Gasteiger partial charge in [0.15, 0.2) is 5.16 Å². The standard InChI is InChI=1S/C20H23N3O3S/c1-13(17(24)22-20(2,3)4)27-19-21-16-10-6-5-9-15(16)18(25)23(19)12-14-8-7-11-26-14/h5-11,13H,12H2,1-4H3,(H,22,24). The number of amides is 1. The first-order chi connectivity index (χ1) is 12.7. The molecule has 2 aromatic heterocycles. The predicted molar refractivity (Wildman–Crippen MR) is 107 cm³/mol. The number of carbonyl (C=O) groups excluding carboxylic acids is 1. The van der Waals surface area contributed by atoms with Gasteiger partial charge in [-0.2, -0.15) is 0 Å². The summed E-state index contributed by atoms with van der Waals surface area (Å²) in [6.45, 7) is 7.88. The fraction of sp³-hybridized carbons (Fsp3) is 0.350. The molecule has 0 aliphatic carbocycles. The Kier molecular flexibility index (Phi) is 5.41. The number of aromatic nitrogens is 2. The van der Waals surface area contributed by atoms with Crippen molar-refractivity contribution >= 4 is 28.6 Å². The van der Waals surface area contributed by atoms with E-state index in [2.05, 4.69) is 10.3 Å². The zero-order valence-corrected chi connectivity index (χ0v) is 16.7. The third-order valence-electron chi connectivity index (χ3n) is 3.87. The van der Waals surface area contributed by atoms with Crippen molar-refractivity contribution < 1.29 is 9.21 Å². The van der Waals surface area contributed by atoms with E-state index >= 15 is 0 Å². The van der Waals surface area contributed by atoms with E-state index in [1.807, 2.05) is 45.9 Å². The third-order valence-corrected chi connectivity index (χ3v) is 4.96. The minimum atomic E-state index is -0.403. The van der Waals surface area contributed by atoms with Crippen LogP contribution in [0.25, 0.3) is 10.9 Å². The quantitative estimate of drug-likeness (QED) is 0.538. The number of furan rings is 1. The molecule has 0 aliphatic rings. The van der Waals surface area contributed by atoms with Gasteiger partial charge in [-0.15, -0.1) is 0 Å². The number of para-hydroxylation sites is 1. The minimum absolute atomic E-state index is 0.0977. The Hall–Kier alpha value is -2.54. The molecule has 1 unspecified atom stereocenters. The zero-order chi connectivity index (χ0) is 19.6. The molecule has 0 aliphatic heterocycles. The van der Waals surface area contributed by atoms with Gasteiger partial charge in [-0.25, -0.2) is 4.98 Å². The van der Waals surface area contributed by atoms with Crippen molar-refractivity contribution in [2.75, 3.05) is 0 Å². The SMILES string of the molecule is CC(Sc1nc2ccccc2c(=O)n1Cc1ccco1)C(=O)NC(C)(C)C. The number of benzene rings is 1. The Labute approximate surface area is 162 Å². The molecule has 0 saturated heterocycles. The lowest BCUT2D eigenvalue weighted by molar-refractivity contribution is -0.121. The maximum atomic E-state index is 13.0. The second-order valence-corrected chi connectivity index (χ2v) is 8.69. The number of hydrogen-bond donors (Lipinski definition) is 1. The van der Waals surface area contributed by atoms with E-state index in [4.69, 9.17) is 4.42 Å². The van der Waals surface area contributed by atoms with E-state index in [9.17, 15) is 9.59 Å². The number of hydrogen-bond acceptors (Lipinski definition) is 5. The highest BCUT2D eigenvalue weighted by Crippen LogP contribution is 2.24. The van der Waals surface area contributed by atoms with E-state index < -0.39 is 5.25 Å². The van der Waals surface area contributed by atoms with Crippen LogP contribution in [0.5, 0.6) is 0 Å². The van der Waals surface area contributed by atoms with Crippen molar-refractivity contribution in [3.05, 3.63) is 58.8 Å². The van der Waals surface area contributed by atoms with Crippen LogP contribution in [0.1, 0.15) is 33.5 Å². The summed E-state index contributed by atoms with van der Waals surface area (Å²) in [6.07, 6.45) is 1.57. The third kappa shape index (κ3) is 4.60. The lowest BCUT2D eigenvalue weighted by atomic mass is 10.1. The molecule has 1 aromatic carbocycles. The number of rotatable bonds is 5. The average Bonchev–Trinajstić information content (AvgIpc) is 3.10. The summed E-state index contributed by atoms with van der Waals surface area (Å²) in [4.78, 5) is 30.1. The van der Waals surface area contributed by atoms with Gasteiger partial charge in [-0.3, -0.25) is 14.2 Å².